The van der Waals surface area contributed by atoms with Crippen LogP contribution in [0.15, 0.2) is 15.4 Å². The van der Waals surface area contributed by atoms with Crippen LogP contribution >= 0.6 is 27.5 Å². The van der Waals surface area contributed by atoms with Crippen LogP contribution in [0.4, 0.5) is 0 Å². The Kier molecular flexibility index (Phi) is 1.81. The number of aromatic nitrogens is 2. The van der Waals surface area contributed by atoms with E-state index in [9.17, 15) is 0 Å². The van der Waals surface area contributed by atoms with E-state index in [0.717, 1.165) is 11.1 Å². The second-order valence-corrected chi connectivity index (χ2v) is 3.42. The second kappa shape index (κ2) is 2.71. The molecule has 0 aliphatic carbocycles. The molecule has 0 unspecified atom stereocenters. The van der Waals surface area contributed by atoms with Crippen molar-refractivity contribution in [3.8, 4) is 0 Å². The van der Waals surface area contributed by atoms with Crippen LogP contribution in [-0.2, 0) is 0 Å². The van der Waals surface area contributed by atoms with Gasteiger partial charge in [-0.15, -0.1) is 0 Å². The molecule has 0 spiro atoms. The van der Waals surface area contributed by atoms with Gasteiger partial charge < -0.3 is 4.42 Å². The lowest BCUT2D eigenvalue weighted by Crippen LogP contribution is -1.79. The fourth-order valence-corrected chi connectivity index (χ4v) is 1.49. The number of furan rings is 1. The highest BCUT2D eigenvalue weighted by atomic mass is 79.9. The molecule has 0 saturated carbocycles. The summed E-state index contributed by atoms with van der Waals surface area (Å²) in [6, 6.07) is 0. The Bertz CT molecular complexity index is 440. The van der Waals surface area contributed by atoms with Crippen LogP contribution in [0, 0.1) is 6.92 Å². The van der Waals surface area contributed by atoms with Crippen molar-refractivity contribution >= 4 is 38.6 Å². The summed E-state index contributed by atoms with van der Waals surface area (Å²) in [5.74, 6) is 0. The third-order valence-electron chi connectivity index (χ3n) is 1.60. The molecule has 0 radical (unpaired) electrons. The Labute approximate surface area is 81.9 Å². The Hall–Kier alpha value is -0.610. The summed E-state index contributed by atoms with van der Waals surface area (Å²) in [7, 11) is 0. The first-order valence-corrected chi connectivity index (χ1v) is 4.42. The fraction of sp³-hybridized carbons (Fsp3) is 0.143. The van der Waals surface area contributed by atoms with Gasteiger partial charge >= 0.3 is 0 Å². The molecule has 0 aromatic carbocycles. The normalized spacial score (nSPS) is 10.9. The second-order valence-electron chi connectivity index (χ2n) is 2.34. The molecule has 12 heavy (non-hydrogen) atoms. The Morgan fingerprint density at radius 2 is 2.25 bits per heavy atom. The first-order chi connectivity index (χ1) is 5.70. The van der Waals surface area contributed by atoms with E-state index in [2.05, 4.69) is 25.9 Å². The Morgan fingerprint density at radius 3 is 2.92 bits per heavy atom. The third-order valence-corrected chi connectivity index (χ3v) is 2.63. The summed E-state index contributed by atoms with van der Waals surface area (Å²) in [6.07, 6.45) is 1.42. The SMILES string of the molecule is Cc1c(Br)oc2c(Cl)ncnc12. The molecule has 0 amide bonds. The predicted octanol–water partition coefficient (Wildman–Crippen LogP) is 2.95. The van der Waals surface area contributed by atoms with Crippen LogP contribution < -0.4 is 0 Å². The molecular formula is C7H4BrClN2O. The van der Waals surface area contributed by atoms with E-state index < -0.39 is 0 Å². The maximum atomic E-state index is 5.78. The van der Waals surface area contributed by atoms with Crippen molar-refractivity contribution in [3.05, 3.63) is 21.7 Å². The molecule has 0 aliphatic heterocycles. The van der Waals surface area contributed by atoms with E-state index in [-0.39, 0.29) is 0 Å². The van der Waals surface area contributed by atoms with E-state index in [1.54, 1.807) is 0 Å². The van der Waals surface area contributed by atoms with Crippen LogP contribution in [0.2, 0.25) is 5.15 Å². The topological polar surface area (TPSA) is 38.9 Å². The van der Waals surface area contributed by atoms with Gasteiger partial charge in [-0.1, -0.05) is 11.6 Å². The molecule has 0 aliphatic rings. The van der Waals surface area contributed by atoms with Crippen molar-refractivity contribution in [2.75, 3.05) is 0 Å². The molecule has 0 saturated heterocycles. The van der Waals surface area contributed by atoms with Crippen molar-refractivity contribution in [1.82, 2.24) is 9.97 Å². The average molecular weight is 247 g/mol. The van der Waals surface area contributed by atoms with Crippen LogP contribution in [0.3, 0.4) is 0 Å². The standard InChI is InChI=1S/C7H4BrClN2O/c1-3-4-5(12-6(3)8)7(9)11-2-10-4/h2H,1H3. The first kappa shape index (κ1) is 8.01. The molecule has 62 valence electrons. The van der Waals surface area contributed by atoms with Crippen molar-refractivity contribution < 1.29 is 4.42 Å². The van der Waals surface area contributed by atoms with E-state index in [4.69, 9.17) is 16.0 Å². The number of rotatable bonds is 0. The van der Waals surface area contributed by atoms with Crippen molar-refractivity contribution in [3.63, 3.8) is 0 Å². The summed E-state index contributed by atoms with van der Waals surface area (Å²) in [5.41, 5.74) is 2.22. The monoisotopic (exact) mass is 246 g/mol. The average Bonchev–Trinajstić information content (AvgIpc) is 2.32. The number of hydrogen-bond donors (Lipinski definition) is 0. The number of hydrogen-bond acceptors (Lipinski definition) is 3. The molecule has 0 atom stereocenters. The highest BCUT2D eigenvalue weighted by Gasteiger charge is 2.11. The molecule has 2 rings (SSSR count). The molecular weight excluding hydrogens is 243 g/mol. The molecule has 5 heteroatoms. The van der Waals surface area contributed by atoms with Gasteiger partial charge in [0, 0.05) is 5.56 Å². The summed E-state index contributed by atoms with van der Waals surface area (Å²) in [6.45, 7) is 1.90. The van der Waals surface area contributed by atoms with Gasteiger partial charge in [-0.2, -0.15) is 0 Å². The summed E-state index contributed by atoms with van der Waals surface area (Å²) >= 11 is 9.03. The van der Waals surface area contributed by atoms with Gasteiger partial charge in [0.2, 0.25) is 0 Å². The van der Waals surface area contributed by atoms with Crippen molar-refractivity contribution in [2.24, 2.45) is 0 Å². The fourth-order valence-electron chi connectivity index (χ4n) is 0.969. The van der Waals surface area contributed by atoms with Crippen LogP contribution in [0.25, 0.3) is 11.1 Å². The highest BCUT2D eigenvalue weighted by Crippen LogP contribution is 2.30. The number of nitrogens with zero attached hydrogens (tertiary/aromatic N) is 2. The Morgan fingerprint density at radius 1 is 1.50 bits per heavy atom. The predicted molar refractivity (Wildman–Crippen MR) is 49.3 cm³/mol. The van der Waals surface area contributed by atoms with Crippen LogP contribution in [-0.4, -0.2) is 9.97 Å². The lowest BCUT2D eigenvalue weighted by Gasteiger charge is -1.88. The quantitative estimate of drug-likeness (QED) is 0.672. The minimum Gasteiger partial charge on any atom is -0.444 e. The van der Waals surface area contributed by atoms with Crippen molar-refractivity contribution in [1.29, 1.82) is 0 Å². The van der Waals surface area contributed by atoms with Gasteiger partial charge in [0.05, 0.1) is 0 Å². The zero-order valence-corrected chi connectivity index (χ0v) is 8.48. The maximum absolute atomic E-state index is 5.78. The first-order valence-electron chi connectivity index (χ1n) is 3.25. The van der Waals surface area contributed by atoms with Crippen LogP contribution in [0.5, 0.6) is 0 Å². The van der Waals surface area contributed by atoms with E-state index >= 15 is 0 Å². The van der Waals surface area contributed by atoms with Gasteiger partial charge in [0.1, 0.15) is 11.8 Å². The third kappa shape index (κ3) is 1.03. The minimum absolute atomic E-state index is 0.341. The van der Waals surface area contributed by atoms with E-state index in [1.165, 1.54) is 6.33 Å². The largest absolute Gasteiger partial charge is 0.444 e. The number of halogens is 2. The van der Waals surface area contributed by atoms with Gasteiger partial charge in [0.25, 0.3) is 0 Å². The van der Waals surface area contributed by atoms with Crippen LogP contribution in [0.1, 0.15) is 5.56 Å². The van der Waals surface area contributed by atoms with E-state index in [1.807, 2.05) is 6.92 Å². The Balaban J connectivity index is 2.95. The molecule has 3 nitrogen and oxygen atoms in total. The molecule has 0 bridgehead atoms. The smallest absolute Gasteiger partial charge is 0.191 e. The van der Waals surface area contributed by atoms with Gasteiger partial charge in [-0.25, -0.2) is 9.97 Å². The van der Waals surface area contributed by atoms with Gasteiger partial charge in [-0.3, -0.25) is 0 Å². The van der Waals surface area contributed by atoms with Crippen molar-refractivity contribution in [2.45, 2.75) is 6.92 Å². The zero-order valence-electron chi connectivity index (χ0n) is 6.14. The number of fused-ring (bicyclic) bond motifs is 1. The lowest BCUT2D eigenvalue weighted by atomic mass is 10.3. The molecule has 2 aromatic rings. The van der Waals surface area contributed by atoms with Gasteiger partial charge in [0.15, 0.2) is 15.4 Å². The highest BCUT2D eigenvalue weighted by molar-refractivity contribution is 9.10. The van der Waals surface area contributed by atoms with Gasteiger partial charge in [-0.05, 0) is 22.9 Å². The maximum Gasteiger partial charge on any atom is 0.191 e. The minimum atomic E-state index is 0.341. The van der Waals surface area contributed by atoms with E-state index in [0.29, 0.717) is 15.4 Å². The zero-order chi connectivity index (χ0) is 8.72. The molecule has 0 fully saturated rings. The molecule has 0 N–H and O–H groups in total. The summed E-state index contributed by atoms with van der Waals surface area (Å²) < 4.78 is 5.94. The summed E-state index contributed by atoms with van der Waals surface area (Å²) in [5, 5.41) is 0.341. The lowest BCUT2D eigenvalue weighted by molar-refractivity contribution is 0.582. The molecule has 2 aromatic heterocycles. The molecule has 2 heterocycles. The summed E-state index contributed by atoms with van der Waals surface area (Å²) in [4.78, 5) is 7.84. The number of aryl methyl sites for hydroxylation is 1.